The van der Waals surface area contributed by atoms with E-state index in [1.807, 2.05) is 6.07 Å². The summed E-state index contributed by atoms with van der Waals surface area (Å²) >= 11 is 0. The minimum atomic E-state index is -0.770. The van der Waals surface area contributed by atoms with Crippen molar-refractivity contribution in [3.8, 4) is 11.4 Å². The summed E-state index contributed by atoms with van der Waals surface area (Å²) in [5, 5.41) is 15.0. The molecule has 4 rings (SSSR count). The minimum absolute atomic E-state index is 0. The van der Waals surface area contributed by atoms with Gasteiger partial charge in [-0.2, -0.15) is 4.68 Å². The molecule has 1 heterocycles. The number of hydrogen-bond donors (Lipinski definition) is 2. The van der Waals surface area contributed by atoms with Gasteiger partial charge in [-0.3, -0.25) is 4.79 Å². The number of carbonyl (C=O) groups is 1. The van der Waals surface area contributed by atoms with E-state index in [1.165, 1.54) is 0 Å². The van der Waals surface area contributed by atoms with Gasteiger partial charge in [-0.25, -0.2) is 0 Å². The van der Waals surface area contributed by atoms with Gasteiger partial charge in [0.25, 0.3) is 0 Å². The lowest BCUT2D eigenvalue weighted by Gasteiger charge is -2.22. The highest BCUT2D eigenvalue weighted by molar-refractivity contribution is 5.98. The number of nitrogens with two attached hydrogens (primary N) is 1. The summed E-state index contributed by atoms with van der Waals surface area (Å²) in [4.78, 5) is 12.6. The van der Waals surface area contributed by atoms with Crippen molar-refractivity contribution in [2.24, 2.45) is 5.73 Å². The number of halogens is 1. The summed E-state index contributed by atoms with van der Waals surface area (Å²) in [6, 6.07) is 5.44. The van der Waals surface area contributed by atoms with Gasteiger partial charge in [0.05, 0.1) is 12.6 Å². The number of carbonyl (C=O) groups excluding carboxylic acids is 1. The second kappa shape index (κ2) is 7.20. The lowest BCUT2D eigenvalue weighted by molar-refractivity contribution is -0.121. The predicted octanol–water partition coefficient (Wildman–Crippen LogP) is 2.18. The smallest absolute Gasteiger partial charge is 0.244 e. The summed E-state index contributed by atoms with van der Waals surface area (Å²) < 4.78 is 7.14. The number of anilines is 1. The molecule has 1 aromatic heterocycles. The number of rotatable bonds is 5. The molecule has 2 saturated carbocycles. The quantitative estimate of drug-likeness (QED) is 0.825. The van der Waals surface area contributed by atoms with Crippen LogP contribution in [0.4, 0.5) is 5.69 Å². The molecule has 2 aromatic rings. The maximum absolute atomic E-state index is 12.6. The fraction of sp³-hybridized carbons (Fsp3) is 0.529. The molecule has 3 N–H and O–H groups in total. The molecule has 9 heteroatoms. The van der Waals surface area contributed by atoms with Gasteiger partial charge in [0.2, 0.25) is 5.91 Å². The third kappa shape index (κ3) is 3.39. The first-order chi connectivity index (χ1) is 12.1. The number of benzene rings is 1. The standard InChI is InChI=1S/C17H22N6O2.ClH/c1-25-14-7-6-12(19-16(24)17(18)8-2-3-9-17)10-13(14)23-15(11-4-5-11)20-21-22-23;/h6-7,10-11H,2-5,8-9,18H2,1H3,(H,19,24);1H. The van der Waals surface area contributed by atoms with E-state index in [0.717, 1.165) is 44.3 Å². The second-order valence-corrected chi connectivity index (χ2v) is 6.93. The van der Waals surface area contributed by atoms with E-state index in [-0.39, 0.29) is 18.3 Å². The van der Waals surface area contributed by atoms with Gasteiger partial charge in [0.1, 0.15) is 11.4 Å². The Kier molecular flexibility index (Phi) is 5.15. The van der Waals surface area contributed by atoms with Crippen LogP contribution in [0.1, 0.15) is 50.3 Å². The highest BCUT2D eigenvalue weighted by atomic mass is 35.5. The van der Waals surface area contributed by atoms with Crippen LogP contribution in [0.5, 0.6) is 5.75 Å². The van der Waals surface area contributed by atoms with Crippen molar-refractivity contribution in [2.45, 2.75) is 50.0 Å². The molecule has 1 amide bonds. The number of methoxy groups -OCH3 is 1. The first-order valence-corrected chi connectivity index (χ1v) is 8.68. The third-order valence-corrected chi connectivity index (χ3v) is 5.05. The Labute approximate surface area is 157 Å². The minimum Gasteiger partial charge on any atom is -0.494 e. The molecule has 0 saturated heterocycles. The Morgan fingerprint density at radius 3 is 2.73 bits per heavy atom. The van der Waals surface area contributed by atoms with Crippen LogP contribution in [-0.4, -0.2) is 38.8 Å². The maximum atomic E-state index is 12.6. The number of nitrogens with zero attached hydrogens (tertiary/aromatic N) is 4. The second-order valence-electron chi connectivity index (χ2n) is 6.93. The predicted molar refractivity (Wildman–Crippen MR) is 98.9 cm³/mol. The van der Waals surface area contributed by atoms with Gasteiger partial charge in [-0.1, -0.05) is 12.8 Å². The van der Waals surface area contributed by atoms with E-state index in [9.17, 15) is 4.79 Å². The molecule has 2 aliphatic carbocycles. The van der Waals surface area contributed by atoms with Crippen LogP contribution in [0.25, 0.3) is 5.69 Å². The molecule has 0 unspecified atom stereocenters. The molecule has 140 valence electrons. The molecular formula is C17H23ClN6O2. The SMILES string of the molecule is COc1ccc(NC(=O)C2(N)CCCC2)cc1-n1nnnc1C1CC1.Cl. The van der Waals surface area contributed by atoms with E-state index in [1.54, 1.807) is 23.9 Å². The van der Waals surface area contributed by atoms with Crippen LogP contribution in [0.3, 0.4) is 0 Å². The summed E-state index contributed by atoms with van der Waals surface area (Å²) in [6.45, 7) is 0. The zero-order valence-corrected chi connectivity index (χ0v) is 15.5. The molecule has 26 heavy (non-hydrogen) atoms. The summed E-state index contributed by atoms with van der Waals surface area (Å²) in [5.74, 6) is 1.73. The van der Waals surface area contributed by atoms with Crippen molar-refractivity contribution in [1.29, 1.82) is 0 Å². The van der Waals surface area contributed by atoms with Gasteiger partial charge in [0.15, 0.2) is 5.82 Å². The topological polar surface area (TPSA) is 108 Å². The van der Waals surface area contributed by atoms with Crippen LogP contribution in [-0.2, 0) is 4.79 Å². The number of hydrogen-bond acceptors (Lipinski definition) is 6. The molecular weight excluding hydrogens is 356 g/mol. The number of tetrazole rings is 1. The Balaban J connectivity index is 0.00000196. The van der Waals surface area contributed by atoms with E-state index in [2.05, 4.69) is 20.8 Å². The Hall–Kier alpha value is -2.19. The maximum Gasteiger partial charge on any atom is 0.244 e. The van der Waals surface area contributed by atoms with Crippen molar-refractivity contribution in [3.63, 3.8) is 0 Å². The average Bonchev–Trinajstić information content (AvgIpc) is 3.16. The van der Waals surface area contributed by atoms with Crippen LogP contribution < -0.4 is 15.8 Å². The van der Waals surface area contributed by atoms with Gasteiger partial charge < -0.3 is 15.8 Å². The highest BCUT2D eigenvalue weighted by Crippen LogP contribution is 2.40. The lowest BCUT2D eigenvalue weighted by Crippen LogP contribution is -2.48. The first-order valence-electron chi connectivity index (χ1n) is 8.68. The van der Waals surface area contributed by atoms with E-state index < -0.39 is 5.54 Å². The Morgan fingerprint density at radius 1 is 1.35 bits per heavy atom. The third-order valence-electron chi connectivity index (χ3n) is 5.05. The Bertz CT molecular complexity index is 798. The zero-order valence-electron chi connectivity index (χ0n) is 14.6. The van der Waals surface area contributed by atoms with Crippen molar-refractivity contribution in [2.75, 3.05) is 12.4 Å². The van der Waals surface area contributed by atoms with Crippen molar-refractivity contribution >= 4 is 24.0 Å². The van der Waals surface area contributed by atoms with Crippen LogP contribution in [0.2, 0.25) is 0 Å². The average molecular weight is 379 g/mol. The summed E-state index contributed by atoms with van der Waals surface area (Å²) in [7, 11) is 1.60. The van der Waals surface area contributed by atoms with Crippen LogP contribution in [0.15, 0.2) is 18.2 Å². The fourth-order valence-electron chi connectivity index (χ4n) is 3.38. The molecule has 8 nitrogen and oxygen atoms in total. The molecule has 0 radical (unpaired) electrons. The van der Waals surface area contributed by atoms with Crippen molar-refractivity contribution in [1.82, 2.24) is 20.2 Å². The highest BCUT2D eigenvalue weighted by Gasteiger charge is 2.37. The van der Waals surface area contributed by atoms with Crippen LogP contribution in [0, 0.1) is 0 Å². The zero-order chi connectivity index (χ0) is 17.4. The summed E-state index contributed by atoms with van der Waals surface area (Å²) in [5.41, 5.74) is 6.84. The molecule has 0 bridgehead atoms. The van der Waals surface area contributed by atoms with Crippen molar-refractivity contribution < 1.29 is 9.53 Å². The Morgan fingerprint density at radius 2 is 2.08 bits per heavy atom. The largest absolute Gasteiger partial charge is 0.494 e. The van der Waals surface area contributed by atoms with Gasteiger partial charge >= 0.3 is 0 Å². The van der Waals surface area contributed by atoms with E-state index in [4.69, 9.17) is 10.5 Å². The molecule has 2 fully saturated rings. The molecule has 1 aromatic carbocycles. The number of amides is 1. The van der Waals surface area contributed by atoms with Crippen molar-refractivity contribution in [3.05, 3.63) is 24.0 Å². The molecule has 0 spiro atoms. The van der Waals surface area contributed by atoms with Gasteiger partial charge in [0, 0.05) is 11.6 Å². The number of nitrogens with one attached hydrogen (secondary N) is 1. The van der Waals surface area contributed by atoms with E-state index in [0.29, 0.717) is 23.0 Å². The van der Waals surface area contributed by atoms with Crippen LogP contribution >= 0.6 is 12.4 Å². The summed E-state index contributed by atoms with van der Waals surface area (Å²) in [6.07, 6.45) is 5.62. The first kappa shape index (κ1) is 18.6. The normalized spacial score (nSPS) is 18.2. The number of ether oxygens (including phenoxy) is 1. The van der Waals surface area contributed by atoms with Gasteiger partial charge in [-0.15, -0.1) is 17.5 Å². The molecule has 0 aliphatic heterocycles. The monoisotopic (exact) mass is 378 g/mol. The fourth-order valence-corrected chi connectivity index (χ4v) is 3.38. The van der Waals surface area contributed by atoms with Gasteiger partial charge in [-0.05, 0) is 54.3 Å². The number of aromatic nitrogens is 4. The molecule has 2 aliphatic rings. The lowest BCUT2D eigenvalue weighted by atomic mass is 9.98. The van der Waals surface area contributed by atoms with E-state index >= 15 is 0 Å². The molecule has 0 atom stereocenters.